The fraction of sp³-hybridized carbons (Fsp3) is 0.182. The lowest BCUT2D eigenvalue weighted by atomic mass is 10.2. The third kappa shape index (κ3) is 2.19. The number of hydrogen-bond donors (Lipinski definition) is 2. The van der Waals surface area contributed by atoms with E-state index in [1.54, 1.807) is 6.20 Å². The number of aromatic amines is 1. The Morgan fingerprint density at radius 1 is 1.38 bits per heavy atom. The Balaban J connectivity index is 2.37. The van der Waals surface area contributed by atoms with Crippen molar-refractivity contribution in [2.45, 2.75) is 13.2 Å². The maximum absolute atomic E-state index is 9.16. The van der Waals surface area contributed by atoms with Gasteiger partial charge in [-0.3, -0.25) is 0 Å². The molecule has 3 nitrogen and oxygen atoms in total. The molecule has 2 rings (SSSR count). The molecule has 0 radical (unpaired) electrons. The summed E-state index contributed by atoms with van der Waals surface area (Å²) in [6, 6.07) is 7.59. The molecule has 1 heterocycles. The van der Waals surface area contributed by atoms with Crippen LogP contribution in [0.1, 0.15) is 11.3 Å². The number of aliphatic hydroxyl groups is 1. The Kier molecular flexibility index (Phi) is 3.43. The van der Waals surface area contributed by atoms with Gasteiger partial charge in [-0.25, -0.2) is 0 Å². The van der Waals surface area contributed by atoms with Gasteiger partial charge in [-0.05, 0) is 23.8 Å². The molecule has 0 bridgehead atoms. The highest BCUT2D eigenvalue weighted by atomic mass is 35.5. The van der Waals surface area contributed by atoms with E-state index in [-0.39, 0.29) is 6.61 Å². The lowest BCUT2D eigenvalue weighted by Crippen LogP contribution is -2.04. The first-order valence-electron chi connectivity index (χ1n) is 4.83. The van der Waals surface area contributed by atoms with E-state index in [4.69, 9.17) is 28.9 Å². The van der Waals surface area contributed by atoms with Gasteiger partial charge >= 0.3 is 0 Å². The molecule has 0 saturated carbocycles. The molecule has 5 heteroatoms. The number of rotatable bonds is 3. The van der Waals surface area contributed by atoms with Crippen LogP contribution in [0.25, 0.3) is 0 Å². The minimum atomic E-state index is -0.0441. The number of benzene rings is 1. The molecule has 0 aliphatic rings. The van der Waals surface area contributed by atoms with Crippen molar-refractivity contribution in [1.82, 2.24) is 9.55 Å². The van der Waals surface area contributed by atoms with E-state index < -0.39 is 0 Å². The fourth-order valence-corrected chi connectivity index (χ4v) is 1.97. The van der Waals surface area contributed by atoms with Crippen molar-refractivity contribution >= 4 is 23.8 Å². The van der Waals surface area contributed by atoms with Crippen molar-refractivity contribution in [2.24, 2.45) is 0 Å². The van der Waals surface area contributed by atoms with E-state index in [1.165, 1.54) is 0 Å². The average molecular weight is 255 g/mol. The molecule has 16 heavy (non-hydrogen) atoms. The van der Waals surface area contributed by atoms with Crippen LogP contribution in [-0.2, 0) is 13.2 Å². The Morgan fingerprint density at radius 3 is 2.81 bits per heavy atom. The second-order valence-electron chi connectivity index (χ2n) is 3.42. The molecule has 2 aromatic rings. The Hall–Kier alpha value is -1.10. The summed E-state index contributed by atoms with van der Waals surface area (Å²) in [7, 11) is 0. The molecule has 0 amide bonds. The molecule has 0 aliphatic heterocycles. The first-order valence-corrected chi connectivity index (χ1v) is 5.62. The topological polar surface area (TPSA) is 40.9 Å². The summed E-state index contributed by atoms with van der Waals surface area (Å²) in [5, 5.41) is 9.86. The highest BCUT2D eigenvalue weighted by Gasteiger charge is 2.05. The second kappa shape index (κ2) is 4.82. The number of nitrogens with one attached hydrogen (secondary N) is 1. The van der Waals surface area contributed by atoms with Crippen LogP contribution in [0, 0.1) is 4.77 Å². The quantitative estimate of drug-likeness (QED) is 0.827. The van der Waals surface area contributed by atoms with Crippen LogP contribution < -0.4 is 0 Å². The van der Waals surface area contributed by atoms with Gasteiger partial charge in [-0.1, -0.05) is 29.8 Å². The monoisotopic (exact) mass is 254 g/mol. The van der Waals surface area contributed by atoms with Crippen LogP contribution in [-0.4, -0.2) is 14.7 Å². The lowest BCUT2D eigenvalue weighted by molar-refractivity contribution is 0.271. The normalized spacial score (nSPS) is 10.6. The van der Waals surface area contributed by atoms with Crippen molar-refractivity contribution < 1.29 is 5.11 Å². The maximum Gasteiger partial charge on any atom is 0.177 e. The van der Waals surface area contributed by atoms with E-state index in [9.17, 15) is 0 Å². The maximum atomic E-state index is 9.16. The number of hydrogen-bond acceptors (Lipinski definition) is 2. The first-order chi connectivity index (χ1) is 7.72. The minimum Gasteiger partial charge on any atom is -0.390 e. The molecule has 84 valence electrons. The standard InChI is InChI=1S/C11H11ClN2OS/c12-10-4-2-1-3-8(10)6-14-9(7-15)5-13-11(14)16/h1-5,15H,6-7H2,(H,13,16). The van der Waals surface area contributed by atoms with E-state index >= 15 is 0 Å². The fourth-order valence-electron chi connectivity index (χ4n) is 1.53. The molecule has 1 aromatic carbocycles. The summed E-state index contributed by atoms with van der Waals surface area (Å²) in [6.45, 7) is 0.523. The summed E-state index contributed by atoms with van der Waals surface area (Å²) >= 11 is 11.2. The first kappa shape index (κ1) is 11.4. The number of aliphatic hydroxyl groups excluding tert-OH is 1. The molecule has 0 saturated heterocycles. The van der Waals surface area contributed by atoms with Crippen molar-refractivity contribution in [3.8, 4) is 0 Å². The van der Waals surface area contributed by atoms with Gasteiger partial charge in [0.15, 0.2) is 4.77 Å². The van der Waals surface area contributed by atoms with Crippen LogP contribution in [0.4, 0.5) is 0 Å². The van der Waals surface area contributed by atoms with Crippen LogP contribution in [0.15, 0.2) is 30.5 Å². The Bertz CT molecular complexity index is 547. The van der Waals surface area contributed by atoms with E-state index in [1.807, 2.05) is 28.8 Å². The summed E-state index contributed by atoms with van der Waals surface area (Å²) in [4.78, 5) is 2.90. The molecule has 0 atom stereocenters. The number of H-pyrrole nitrogens is 1. The van der Waals surface area contributed by atoms with Gasteiger partial charge in [0.25, 0.3) is 0 Å². The van der Waals surface area contributed by atoms with Gasteiger partial charge < -0.3 is 14.7 Å². The highest BCUT2D eigenvalue weighted by molar-refractivity contribution is 7.71. The van der Waals surface area contributed by atoms with Gasteiger partial charge in [0.2, 0.25) is 0 Å². The molecule has 0 fully saturated rings. The number of nitrogens with zero attached hydrogens (tertiary/aromatic N) is 1. The van der Waals surface area contributed by atoms with Crippen molar-refractivity contribution in [3.05, 3.63) is 51.5 Å². The van der Waals surface area contributed by atoms with E-state index in [2.05, 4.69) is 4.98 Å². The number of halogens is 1. The SMILES string of the molecule is OCc1c[nH]c(=S)n1Cc1ccccc1Cl. The van der Waals surface area contributed by atoms with E-state index in [0.717, 1.165) is 11.3 Å². The van der Waals surface area contributed by atoms with Crippen LogP contribution >= 0.6 is 23.8 Å². The number of aromatic nitrogens is 2. The molecule has 0 spiro atoms. The van der Waals surface area contributed by atoms with Crippen molar-refractivity contribution in [3.63, 3.8) is 0 Å². The smallest absolute Gasteiger partial charge is 0.177 e. The third-order valence-corrected chi connectivity index (χ3v) is 3.11. The second-order valence-corrected chi connectivity index (χ2v) is 4.21. The molecule has 2 N–H and O–H groups in total. The average Bonchev–Trinajstić information content (AvgIpc) is 2.63. The molecule has 0 aliphatic carbocycles. The Morgan fingerprint density at radius 2 is 2.12 bits per heavy atom. The zero-order chi connectivity index (χ0) is 11.5. The van der Waals surface area contributed by atoms with Gasteiger partial charge in [0.05, 0.1) is 18.8 Å². The van der Waals surface area contributed by atoms with Gasteiger partial charge in [0.1, 0.15) is 0 Å². The molecular weight excluding hydrogens is 244 g/mol. The zero-order valence-corrected chi connectivity index (χ0v) is 10.1. The third-order valence-electron chi connectivity index (χ3n) is 2.40. The molecular formula is C11H11ClN2OS. The van der Waals surface area contributed by atoms with Crippen LogP contribution in [0.5, 0.6) is 0 Å². The van der Waals surface area contributed by atoms with Crippen molar-refractivity contribution in [1.29, 1.82) is 0 Å². The number of imidazole rings is 1. The largest absolute Gasteiger partial charge is 0.390 e. The van der Waals surface area contributed by atoms with Gasteiger partial charge in [-0.2, -0.15) is 0 Å². The summed E-state index contributed by atoms with van der Waals surface area (Å²) in [5.74, 6) is 0. The summed E-state index contributed by atoms with van der Waals surface area (Å²) in [6.07, 6.45) is 1.71. The van der Waals surface area contributed by atoms with Gasteiger partial charge in [0, 0.05) is 11.2 Å². The van der Waals surface area contributed by atoms with Crippen LogP contribution in [0.2, 0.25) is 5.02 Å². The highest BCUT2D eigenvalue weighted by Crippen LogP contribution is 2.17. The van der Waals surface area contributed by atoms with Crippen molar-refractivity contribution in [2.75, 3.05) is 0 Å². The lowest BCUT2D eigenvalue weighted by Gasteiger charge is -2.08. The minimum absolute atomic E-state index is 0.0441. The zero-order valence-electron chi connectivity index (χ0n) is 8.48. The predicted molar refractivity (Wildman–Crippen MR) is 66.1 cm³/mol. The van der Waals surface area contributed by atoms with E-state index in [0.29, 0.717) is 16.3 Å². The summed E-state index contributed by atoms with van der Waals surface area (Å²) in [5.41, 5.74) is 1.74. The Labute approximate surface area is 103 Å². The summed E-state index contributed by atoms with van der Waals surface area (Å²) < 4.78 is 2.42. The van der Waals surface area contributed by atoms with Crippen LogP contribution in [0.3, 0.4) is 0 Å². The molecule has 0 unspecified atom stereocenters. The molecule has 1 aromatic heterocycles. The van der Waals surface area contributed by atoms with Gasteiger partial charge in [-0.15, -0.1) is 0 Å². The predicted octanol–water partition coefficient (Wildman–Crippen LogP) is 2.74.